The van der Waals surface area contributed by atoms with Crippen molar-refractivity contribution in [2.24, 2.45) is 5.92 Å². The van der Waals surface area contributed by atoms with Gasteiger partial charge in [0.1, 0.15) is 17.5 Å². The molecule has 0 aromatic heterocycles. The van der Waals surface area contributed by atoms with Crippen LogP contribution in [0.15, 0.2) is 103 Å². The third-order valence-corrected chi connectivity index (χ3v) is 6.97. The Balaban J connectivity index is 1.33. The molecule has 2 heterocycles. The van der Waals surface area contributed by atoms with E-state index in [1.54, 1.807) is 78.9 Å². The molecule has 0 spiro atoms. The van der Waals surface area contributed by atoms with Gasteiger partial charge < -0.3 is 4.74 Å². The maximum absolute atomic E-state index is 13.7. The van der Waals surface area contributed by atoms with Gasteiger partial charge in [0.2, 0.25) is 5.91 Å². The number of imide groups is 1. The second-order valence-corrected chi connectivity index (χ2v) is 9.55. The van der Waals surface area contributed by atoms with E-state index in [4.69, 9.17) is 21.2 Å². The van der Waals surface area contributed by atoms with Crippen LogP contribution in [0, 0.1) is 11.7 Å². The number of hydrogen-bond acceptors (Lipinski definition) is 6. The van der Waals surface area contributed by atoms with Gasteiger partial charge in [-0.3, -0.25) is 14.4 Å². The van der Waals surface area contributed by atoms with Gasteiger partial charge in [-0.2, -0.15) is 0 Å². The van der Waals surface area contributed by atoms with Crippen LogP contribution in [0.2, 0.25) is 5.02 Å². The lowest BCUT2D eigenvalue weighted by atomic mass is 9.90. The third-order valence-electron chi connectivity index (χ3n) is 6.72. The number of nitrogens with zero attached hydrogens (tertiary/aromatic N) is 2. The second-order valence-electron chi connectivity index (χ2n) is 9.11. The molecule has 0 radical (unpaired) electrons. The van der Waals surface area contributed by atoms with Gasteiger partial charge in [0.15, 0.2) is 6.10 Å². The molecule has 0 N–H and O–H groups in total. The van der Waals surface area contributed by atoms with E-state index in [1.165, 1.54) is 29.3 Å². The average Bonchev–Trinajstić information content (AvgIpc) is 3.46. The summed E-state index contributed by atoms with van der Waals surface area (Å²) in [5.41, 5.74) is 1.95. The summed E-state index contributed by atoms with van der Waals surface area (Å²) in [6, 6.07) is 26.6. The maximum Gasteiger partial charge on any atom is 0.343 e. The normalized spacial score (nSPS) is 20.3. The zero-order valence-electron chi connectivity index (χ0n) is 20.2. The summed E-state index contributed by atoms with van der Waals surface area (Å²) in [7, 11) is 0. The largest absolute Gasteiger partial charge is 0.423 e. The molecule has 4 aromatic carbocycles. The van der Waals surface area contributed by atoms with Gasteiger partial charge in [-0.15, -0.1) is 0 Å². The van der Waals surface area contributed by atoms with Crippen molar-refractivity contribution < 1.29 is 28.3 Å². The van der Waals surface area contributed by atoms with E-state index in [0.29, 0.717) is 27.6 Å². The highest BCUT2D eigenvalue weighted by Crippen LogP contribution is 2.48. The van der Waals surface area contributed by atoms with E-state index < -0.39 is 41.7 Å². The first kappa shape index (κ1) is 24.8. The van der Waals surface area contributed by atoms with Gasteiger partial charge in [0, 0.05) is 5.02 Å². The minimum Gasteiger partial charge on any atom is -0.423 e. The predicted octanol–water partition coefficient (Wildman–Crippen LogP) is 5.75. The van der Waals surface area contributed by atoms with E-state index in [2.05, 4.69) is 0 Å². The molecule has 9 heteroatoms. The maximum atomic E-state index is 13.7. The number of benzene rings is 4. The lowest BCUT2D eigenvalue weighted by Gasteiger charge is -2.29. The van der Waals surface area contributed by atoms with Gasteiger partial charge in [-0.05, 0) is 78.4 Å². The summed E-state index contributed by atoms with van der Waals surface area (Å²) in [6.45, 7) is 0. The molecule has 0 saturated carbocycles. The molecule has 0 aliphatic carbocycles. The summed E-state index contributed by atoms with van der Waals surface area (Å²) in [5.74, 6) is -2.53. The Bertz CT molecular complexity index is 1550. The number of anilines is 2. The van der Waals surface area contributed by atoms with E-state index >= 15 is 0 Å². The van der Waals surface area contributed by atoms with Crippen molar-refractivity contribution in [2.45, 2.75) is 12.1 Å². The Kier molecular flexibility index (Phi) is 6.34. The molecule has 2 amide bonds. The summed E-state index contributed by atoms with van der Waals surface area (Å²) in [5, 5.41) is 2.06. The highest BCUT2D eigenvalue weighted by Gasteiger charge is 2.60. The van der Waals surface area contributed by atoms with Crippen molar-refractivity contribution in [3.8, 4) is 5.75 Å². The quantitative estimate of drug-likeness (QED) is 0.182. The number of carbonyl (C=O) groups excluding carboxylic acids is 3. The molecule has 2 saturated heterocycles. The zero-order chi connectivity index (χ0) is 27.1. The van der Waals surface area contributed by atoms with Crippen molar-refractivity contribution in [3.05, 3.63) is 125 Å². The van der Waals surface area contributed by atoms with Crippen LogP contribution >= 0.6 is 11.6 Å². The van der Waals surface area contributed by atoms with Crippen LogP contribution in [0.25, 0.3) is 0 Å². The fraction of sp³-hybridized carbons (Fsp3) is 0.100. The molecule has 4 aromatic rings. The van der Waals surface area contributed by atoms with E-state index in [-0.39, 0.29) is 5.69 Å². The molecular weight excluding hydrogens is 523 g/mol. The van der Waals surface area contributed by atoms with Gasteiger partial charge >= 0.3 is 5.97 Å². The first-order chi connectivity index (χ1) is 18.9. The van der Waals surface area contributed by atoms with Crippen molar-refractivity contribution in [1.29, 1.82) is 0 Å². The van der Waals surface area contributed by atoms with Crippen LogP contribution in [-0.4, -0.2) is 23.9 Å². The number of rotatable bonds is 5. The van der Waals surface area contributed by atoms with Crippen molar-refractivity contribution in [3.63, 3.8) is 0 Å². The Morgan fingerprint density at radius 1 is 0.795 bits per heavy atom. The summed E-state index contributed by atoms with van der Waals surface area (Å²) in [6.07, 6.45) is -1.08. The first-order valence-corrected chi connectivity index (χ1v) is 12.5. The Labute approximate surface area is 227 Å². The van der Waals surface area contributed by atoms with Crippen LogP contribution in [0.4, 0.5) is 15.8 Å². The topological polar surface area (TPSA) is 76.2 Å². The Morgan fingerprint density at radius 3 is 2.10 bits per heavy atom. The molecular formula is C30H20ClFN2O5. The van der Waals surface area contributed by atoms with Crippen LogP contribution in [0.1, 0.15) is 22.0 Å². The average molecular weight is 543 g/mol. The smallest absolute Gasteiger partial charge is 0.343 e. The monoisotopic (exact) mass is 542 g/mol. The van der Waals surface area contributed by atoms with Crippen molar-refractivity contribution >= 4 is 40.8 Å². The van der Waals surface area contributed by atoms with E-state index in [0.717, 1.165) is 4.90 Å². The molecule has 0 unspecified atom stereocenters. The summed E-state index contributed by atoms with van der Waals surface area (Å²) in [4.78, 5) is 46.7. The molecule has 0 bridgehead atoms. The van der Waals surface area contributed by atoms with Gasteiger partial charge in [-0.25, -0.2) is 19.1 Å². The minimum atomic E-state index is -1.08. The number of fused-ring (bicyclic) bond motifs is 1. The number of esters is 1. The van der Waals surface area contributed by atoms with E-state index in [1.807, 2.05) is 0 Å². The lowest BCUT2D eigenvalue weighted by Crippen LogP contribution is -2.37. The number of halogens is 2. The fourth-order valence-corrected chi connectivity index (χ4v) is 5.01. The number of ether oxygens (including phenoxy) is 1. The molecule has 6 rings (SSSR count). The van der Waals surface area contributed by atoms with E-state index in [9.17, 15) is 18.8 Å². The van der Waals surface area contributed by atoms with Crippen LogP contribution < -0.4 is 14.7 Å². The minimum absolute atomic E-state index is 0.268. The fourth-order valence-electron chi connectivity index (χ4n) is 4.88. The van der Waals surface area contributed by atoms with Gasteiger partial charge in [-0.1, -0.05) is 41.9 Å². The third kappa shape index (κ3) is 4.54. The Morgan fingerprint density at radius 2 is 1.44 bits per heavy atom. The number of hydroxylamine groups is 1. The highest BCUT2D eigenvalue weighted by atomic mass is 35.5. The molecule has 2 aliphatic rings. The summed E-state index contributed by atoms with van der Waals surface area (Å²) < 4.78 is 19.0. The molecule has 194 valence electrons. The number of hydrogen-bond donors (Lipinski definition) is 0. The van der Waals surface area contributed by atoms with Crippen LogP contribution in [-0.2, 0) is 14.4 Å². The molecule has 39 heavy (non-hydrogen) atoms. The predicted molar refractivity (Wildman–Crippen MR) is 142 cm³/mol. The van der Waals surface area contributed by atoms with Crippen LogP contribution in [0.5, 0.6) is 5.75 Å². The number of amides is 2. The SMILES string of the molecule is O=C(Oc1ccc([C@@H]2[C@H]3C(=O)N(c4ccc(F)cc4)C(=O)[C@H]3ON2c2ccc(Cl)cc2)cc1)c1ccccc1. The van der Waals surface area contributed by atoms with Crippen molar-refractivity contribution in [1.82, 2.24) is 0 Å². The number of carbonyl (C=O) groups is 3. The highest BCUT2D eigenvalue weighted by molar-refractivity contribution is 6.30. The summed E-state index contributed by atoms with van der Waals surface area (Å²) >= 11 is 6.07. The first-order valence-electron chi connectivity index (χ1n) is 12.1. The Hall–Kier alpha value is -4.53. The zero-order valence-corrected chi connectivity index (χ0v) is 21.0. The standard InChI is InChI=1S/C30H20ClFN2O5/c31-20-8-12-23(13-9-20)34-26(18-6-16-24(17-7-18)38-30(37)19-4-2-1-3-5-19)25-27(39-34)29(36)33(28(25)35)22-14-10-21(32)11-15-22/h1-17,25-27H/t25-,26-,27+/m1/s1. The van der Waals surface area contributed by atoms with Gasteiger partial charge in [0.25, 0.3) is 5.91 Å². The van der Waals surface area contributed by atoms with Crippen molar-refractivity contribution in [2.75, 3.05) is 9.96 Å². The molecule has 7 nitrogen and oxygen atoms in total. The molecule has 2 fully saturated rings. The lowest BCUT2D eigenvalue weighted by molar-refractivity contribution is -0.126. The molecule has 2 aliphatic heterocycles. The van der Waals surface area contributed by atoms with Crippen LogP contribution in [0.3, 0.4) is 0 Å². The molecule has 3 atom stereocenters. The second kappa shape index (κ2) is 9.98. The van der Waals surface area contributed by atoms with Gasteiger partial charge in [0.05, 0.1) is 23.0 Å².